The Morgan fingerprint density at radius 1 is 1.08 bits per heavy atom. The number of carbonyl (C=O) groups excluding carboxylic acids is 1. The van der Waals surface area contributed by atoms with Crippen molar-refractivity contribution in [2.45, 2.75) is 31.7 Å². The maximum Gasteiger partial charge on any atom is 0.239 e. The van der Waals surface area contributed by atoms with Gasteiger partial charge in [-0.05, 0) is 49.2 Å². The van der Waals surface area contributed by atoms with Crippen LogP contribution in [0, 0.1) is 0 Å². The second kappa shape index (κ2) is 8.45. The van der Waals surface area contributed by atoms with Crippen molar-refractivity contribution in [3.63, 3.8) is 0 Å². The lowest BCUT2D eigenvalue weighted by Crippen LogP contribution is -2.55. The lowest BCUT2D eigenvalue weighted by Gasteiger charge is -2.39. The summed E-state index contributed by atoms with van der Waals surface area (Å²) in [7, 11) is 2.06. The van der Waals surface area contributed by atoms with Crippen LogP contribution in [0.5, 0.6) is 0 Å². The summed E-state index contributed by atoms with van der Waals surface area (Å²) >= 11 is 0. The highest BCUT2D eigenvalue weighted by atomic mass is 16.2. The fourth-order valence-corrected chi connectivity index (χ4v) is 3.65. The summed E-state index contributed by atoms with van der Waals surface area (Å²) in [6.07, 6.45) is 3.85. The van der Waals surface area contributed by atoms with E-state index in [2.05, 4.69) is 54.4 Å². The molecule has 1 fully saturated rings. The maximum atomic E-state index is 12.8. The second-order valence-electron chi connectivity index (χ2n) is 7.04. The first-order chi connectivity index (χ1) is 12.2. The predicted octanol–water partition coefficient (Wildman–Crippen LogP) is 2.65. The number of unbranched alkanes of at least 4 members (excludes halogenated alkanes) is 1. The molecule has 2 N–H and O–H groups in total. The molecule has 1 atom stereocenters. The largest absolute Gasteiger partial charge is 0.340 e. The number of amides is 1. The van der Waals surface area contributed by atoms with E-state index in [1.165, 1.54) is 16.3 Å². The monoisotopic (exact) mass is 339 g/mol. The molecule has 0 radical (unpaired) electrons. The van der Waals surface area contributed by atoms with Crippen molar-refractivity contribution >= 4 is 16.7 Å². The van der Waals surface area contributed by atoms with Gasteiger partial charge in [0.1, 0.15) is 0 Å². The van der Waals surface area contributed by atoms with E-state index >= 15 is 0 Å². The fraction of sp³-hybridized carbons (Fsp3) is 0.476. The average Bonchev–Trinajstić information content (AvgIpc) is 2.63. The summed E-state index contributed by atoms with van der Waals surface area (Å²) in [6, 6.07) is 15.0. The SMILES string of the molecule is CN1CCN(CCc2ccc3ccccc3c2)C(=O)C1CCCCN. The van der Waals surface area contributed by atoms with Crippen molar-refractivity contribution in [3.05, 3.63) is 48.0 Å². The quantitative estimate of drug-likeness (QED) is 0.789. The van der Waals surface area contributed by atoms with Crippen LogP contribution in [0.25, 0.3) is 10.8 Å². The van der Waals surface area contributed by atoms with Gasteiger partial charge in [0.15, 0.2) is 0 Å². The number of nitrogens with two attached hydrogens (primary N) is 1. The molecule has 1 saturated heterocycles. The summed E-state index contributed by atoms with van der Waals surface area (Å²) in [5.41, 5.74) is 6.88. The van der Waals surface area contributed by atoms with Gasteiger partial charge in [0.2, 0.25) is 5.91 Å². The molecule has 1 aliphatic heterocycles. The van der Waals surface area contributed by atoms with E-state index in [0.29, 0.717) is 6.54 Å². The summed E-state index contributed by atoms with van der Waals surface area (Å²) < 4.78 is 0. The van der Waals surface area contributed by atoms with E-state index < -0.39 is 0 Å². The van der Waals surface area contributed by atoms with Crippen LogP contribution in [0.15, 0.2) is 42.5 Å². The van der Waals surface area contributed by atoms with Crippen molar-refractivity contribution in [2.75, 3.05) is 33.2 Å². The van der Waals surface area contributed by atoms with Crippen molar-refractivity contribution in [2.24, 2.45) is 5.73 Å². The summed E-state index contributed by atoms with van der Waals surface area (Å²) in [5.74, 6) is 0.284. The Hall–Kier alpha value is -1.91. The van der Waals surface area contributed by atoms with Crippen LogP contribution in [0.4, 0.5) is 0 Å². The highest BCUT2D eigenvalue weighted by molar-refractivity contribution is 5.83. The molecule has 4 nitrogen and oxygen atoms in total. The van der Waals surface area contributed by atoms with E-state index in [1.54, 1.807) is 0 Å². The maximum absolute atomic E-state index is 12.8. The van der Waals surface area contributed by atoms with Gasteiger partial charge in [-0.1, -0.05) is 48.9 Å². The zero-order chi connectivity index (χ0) is 17.6. The van der Waals surface area contributed by atoms with Crippen LogP contribution in [0.1, 0.15) is 24.8 Å². The minimum Gasteiger partial charge on any atom is -0.340 e. The molecule has 25 heavy (non-hydrogen) atoms. The Morgan fingerprint density at radius 2 is 1.88 bits per heavy atom. The lowest BCUT2D eigenvalue weighted by molar-refractivity contribution is -0.141. The predicted molar refractivity (Wildman–Crippen MR) is 104 cm³/mol. The number of rotatable bonds is 7. The van der Waals surface area contributed by atoms with Crippen LogP contribution < -0.4 is 5.73 Å². The van der Waals surface area contributed by atoms with Gasteiger partial charge in [0.05, 0.1) is 6.04 Å². The van der Waals surface area contributed by atoms with Gasteiger partial charge in [0, 0.05) is 19.6 Å². The molecule has 0 aliphatic carbocycles. The minimum absolute atomic E-state index is 0.0249. The smallest absolute Gasteiger partial charge is 0.239 e. The van der Waals surface area contributed by atoms with Crippen LogP contribution in [-0.2, 0) is 11.2 Å². The van der Waals surface area contributed by atoms with Gasteiger partial charge >= 0.3 is 0 Å². The summed E-state index contributed by atoms with van der Waals surface area (Å²) in [4.78, 5) is 17.1. The molecule has 0 aromatic heterocycles. The molecule has 2 aromatic carbocycles. The molecular weight excluding hydrogens is 310 g/mol. The van der Waals surface area contributed by atoms with E-state index in [1.807, 2.05) is 4.90 Å². The first-order valence-electron chi connectivity index (χ1n) is 9.36. The number of carbonyl (C=O) groups is 1. The molecular formula is C21H29N3O. The normalized spacial score (nSPS) is 18.9. The third kappa shape index (κ3) is 4.39. The molecule has 4 heteroatoms. The Bertz CT molecular complexity index is 715. The molecule has 0 bridgehead atoms. The average molecular weight is 339 g/mol. The number of fused-ring (bicyclic) bond motifs is 1. The molecule has 0 saturated carbocycles. The van der Waals surface area contributed by atoms with Gasteiger partial charge in [-0.3, -0.25) is 9.69 Å². The zero-order valence-corrected chi connectivity index (χ0v) is 15.2. The van der Waals surface area contributed by atoms with Crippen molar-refractivity contribution < 1.29 is 4.79 Å². The van der Waals surface area contributed by atoms with Crippen molar-refractivity contribution in [1.29, 1.82) is 0 Å². The molecule has 1 unspecified atom stereocenters. The third-order valence-electron chi connectivity index (χ3n) is 5.27. The van der Waals surface area contributed by atoms with Gasteiger partial charge in [-0.2, -0.15) is 0 Å². The number of hydrogen-bond acceptors (Lipinski definition) is 3. The molecule has 2 aromatic rings. The lowest BCUT2D eigenvalue weighted by atomic mass is 10.0. The van der Waals surface area contributed by atoms with E-state index in [4.69, 9.17) is 5.73 Å². The van der Waals surface area contributed by atoms with Crippen molar-refractivity contribution in [3.8, 4) is 0 Å². The first-order valence-corrected chi connectivity index (χ1v) is 9.36. The number of likely N-dealkylation sites (N-methyl/N-ethyl adjacent to an activating group) is 1. The fourth-order valence-electron chi connectivity index (χ4n) is 3.65. The first kappa shape index (κ1) is 17.9. The Labute approximate surface area is 150 Å². The number of nitrogens with zero attached hydrogens (tertiary/aromatic N) is 2. The highest BCUT2D eigenvalue weighted by Gasteiger charge is 2.31. The number of benzene rings is 2. The molecule has 3 rings (SSSR count). The topological polar surface area (TPSA) is 49.6 Å². The van der Waals surface area contributed by atoms with Crippen LogP contribution in [-0.4, -0.2) is 55.0 Å². The summed E-state index contributed by atoms with van der Waals surface area (Å²) in [6.45, 7) is 3.29. The standard InChI is InChI=1S/C21H29N3O/c1-23-14-15-24(21(25)20(23)8-4-5-12-22)13-11-17-9-10-18-6-2-3-7-19(18)16-17/h2-3,6-7,9-10,16,20H,4-5,8,11-15,22H2,1H3. The van der Waals surface area contributed by atoms with E-state index in [0.717, 1.165) is 45.3 Å². The minimum atomic E-state index is 0.0249. The van der Waals surface area contributed by atoms with Crippen LogP contribution >= 0.6 is 0 Å². The molecule has 1 heterocycles. The molecule has 1 amide bonds. The van der Waals surface area contributed by atoms with E-state index in [9.17, 15) is 4.79 Å². The molecule has 134 valence electrons. The van der Waals surface area contributed by atoms with Gasteiger partial charge in [-0.15, -0.1) is 0 Å². The third-order valence-corrected chi connectivity index (χ3v) is 5.27. The Morgan fingerprint density at radius 3 is 2.68 bits per heavy atom. The van der Waals surface area contributed by atoms with E-state index in [-0.39, 0.29) is 11.9 Å². The van der Waals surface area contributed by atoms with Crippen LogP contribution in [0.2, 0.25) is 0 Å². The van der Waals surface area contributed by atoms with Crippen molar-refractivity contribution in [1.82, 2.24) is 9.80 Å². The van der Waals surface area contributed by atoms with Crippen LogP contribution in [0.3, 0.4) is 0 Å². The Balaban J connectivity index is 1.60. The van der Waals surface area contributed by atoms with Gasteiger partial charge < -0.3 is 10.6 Å². The highest BCUT2D eigenvalue weighted by Crippen LogP contribution is 2.18. The van der Waals surface area contributed by atoms with Gasteiger partial charge in [0.25, 0.3) is 0 Å². The van der Waals surface area contributed by atoms with Gasteiger partial charge in [-0.25, -0.2) is 0 Å². The Kier molecular flexibility index (Phi) is 6.05. The number of hydrogen-bond donors (Lipinski definition) is 1. The molecule has 0 spiro atoms. The second-order valence-corrected chi connectivity index (χ2v) is 7.04. The summed E-state index contributed by atoms with van der Waals surface area (Å²) in [5, 5.41) is 2.53. The molecule has 1 aliphatic rings. The zero-order valence-electron chi connectivity index (χ0n) is 15.2. The number of piperazine rings is 1.